The quantitative estimate of drug-likeness (QED) is 0.799. The highest BCUT2D eigenvalue weighted by Gasteiger charge is 2.31. The average Bonchev–Trinajstić information content (AvgIpc) is 2.78. The van der Waals surface area contributed by atoms with Crippen LogP contribution < -0.4 is 11.1 Å². The number of rotatable bonds is 4. The van der Waals surface area contributed by atoms with Crippen molar-refractivity contribution in [2.75, 3.05) is 0 Å². The van der Waals surface area contributed by atoms with Crippen LogP contribution in [0.25, 0.3) is 10.9 Å². The first-order valence-corrected chi connectivity index (χ1v) is 6.92. The smallest absolute Gasteiger partial charge is 0.240 e. The SMILES string of the molecule is CC(C)(C)C(NC(=O)Cc1c[nH]c2ccccc12)C(N)=O. The summed E-state index contributed by atoms with van der Waals surface area (Å²) in [7, 11) is 0. The van der Waals surface area contributed by atoms with Crippen LogP contribution in [-0.4, -0.2) is 22.8 Å². The summed E-state index contributed by atoms with van der Waals surface area (Å²) in [5, 5.41) is 3.75. The summed E-state index contributed by atoms with van der Waals surface area (Å²) in [6.45, 7) is 5.61. The van der Waals surface area contributed by atoms with Gasteiger partial charge in [0.15, 0.2) is 0 Å². The Balaban J connectivity index is 2.13. The third-order valence-corrected chi connectivity index (χ3v) is 3.48. The number of hydrogen-bond acceptors (Lipinski definition) is 2. The van der Waals surface area contributed by atoms with Gasteiger partial charge < -0.3 is 16.0 Å². The largest absolute Gasteiger partial charge is 0.368 e. The first kappa shape index (κ1) is 15.1. The molecule has 0 saturated heterocycles. The number of amides is 2. The number of benzene rings is 1. The molecule has 21 heavy (non-hydrogen) atoms. The molecule has 4 N–H and O–H groups in total. The van der Waals surface area contributed by atoms with Crippen LogP contribution in [0.4, 0.5) is 0 Å². The summed E-state index contributed by atoms with van der Waals surface area (Å²) in [6.07, 6.45) is 2.03. The van der Waals surface area contributed by atoms with Crippen molar-refractivity contribution in [1.29, 1.82) is 0 Å². The molecule has 0 aliphatic heterocycles. The molecule has 2 amide bonds. The van der Waals surface area contributed by atoms with Crippen LogP contribution in [-0.2, 0) is 16.0 Å². The molecule has 1 heterocycles. The van der Waals surface area contributed by atoms with Crippen molar-refractivity contribution < 1.29 is 9.59 Å². The van der Waals surface area contributed by atoms with E-state index in [1.54, 1.807) is 0 Å². The van der Waals surface area contributed by atoms with Crippen LogP contribution in [0.3, 0.4) is 0 Å². The van der Waals surface area contributed by atoms with Gasteiger partial charge in [0.2, 0.25) is 11.8 Å². The molecule has 0 radical (unpaired) electrons. The van der Waals surface area contributed by atoms with Crippen molar-refractivity contribution in [2.24, 2.45) is 11.1 Å². The van der Waals surface area contributed by atoms with Gasteiger partial charge in [-0.2, -0.15) is 0 Å². The number of aromatic nitrogens is 1. The molecule has 0 saturated carbocycles. The van der Waals surface area contributed by atoms with Crippen LogP contribution in [0.1, 0.15) is 26.3 Å². The molecule has 0 aliphatic carbocycles. The van der Waals surface area contributed by atoms with Gasteiger partial charge >= 0.3 is 0 Å². The fourth-order valence-corrected chi connectivity index (χ4v) is 2.38. The Bertz CT molecular complexity index is 667. The van der Waals surface area contributed by atoms with Gasteiger partial charge in [0.1, 0.15) is 6.04 Å². The minimum absolute atomic E-state index is 0.210. The molecule has 1 aromatic heterocycles. The highest BCUT2D eigenvalue weighted by Crippen LogP contribution is 2.20. The van der Waals surface area contributed by atoms with Crippen molar-refractivity contribution in [3.8, 4) is 0 Å². The van der Waals surface area contributed by atoms with Crippen LogP contribution in [0.15, 0.2) is 30.5 Å². The van der Waals surface area contributed by atoms with Gasteiger partial charge in [-0.15, -0.1) is 0 Å². The third-order valence-electron chi connectivity index (χ3n) is 3.48. The minimum Gasteiger partial charge on any atom is -0.368 e. The fourth-order valence-electron chi connectivity index (χ4n) is 2.38. The maximum atomic E-state index is 12.2. The lowest BCUT2D eigenvalue weighted by Gasteiger charge is -2.28. The Labute approximate surface area is 123 Å². The van der Waals surface area contributed by atoms with Crippen LogP contribution >= 0.6 is 0 Å². The zero-order valence-corrected chi connectivity index (χ0v) is 12.6. The molecular weight excluding hydrogens is 266 g/mol. The highest BCUT2D eigenvalue weighted by molar-refractivity contribution is 5.91. The van der Waals surface area contributed by atoms with Crippen molar-refractivity contribution in [3.63, 3.8) is 0 Å². The number of carbonyl (C=O) groups excluding carboxylic acids is 2. The molecule has 0 spiro atoms. The molecule has 2 rings (SSSR count). The molecule has 1 atom stereocenters. The summed E-state index contributed by atoms with van der Waals surface area (Å²) in [6, 6.07) is 7.10. The molecule has 0 fully saturated rings. The van der Waals surface area contributed by atoms with Crippen molar-refractivity contribution >= 4 is 22.7 Å². The van der Waals surface area contributed by atoms with E-state index in [0.29, 0.717) is 0 Å². The van der Waals surface area contributed by atoms with Gasteiger partial charge in [0.05, 0.1) is 6.42 Å². The standard InChI is InChI=1S/C16H21N3O2/c1-16(2,3)14(15(17)21)19-13(20)8-10-9-18-12-7-5-4-6-11(10)12/h4-7,9,14,18H,8H2,1-3H3,(H2,17,21)(H,19,20). The normalized spacial score (nSPS) is 13.1. The number of H-pyrrole nitrogens is 1. The first-order valence-electron chi connectivity index (χ1n) is 6.92. The summed E-state index contributed by atoms with van der Waals surface area (Å²) < 4.78 is 0. The van der Waals surface area contributed by atoms with E-state index in [0.717, 1.165) is 16.5 Å². The lowest BCUT2D eigenvalue weighted by Crippen LogP contribution is -2.52. The summed E-state index contributed by atoms with van der Waals surface area (Å²) in [4.78, 5) is 26.8. The van der Waals surface area contributed by atoms with Crippen molar-refractivity contribution in [3.05, 3.63) is 36.0 Å². The number of aromatic amines is 1. The number of nitrogens with two attached hydrogens (primary N) is 1. The van der Waals surface area contributed by atoms with Crippen LogP contribution in [0.2, 0.25) is 0 Å². The number of carbonyl (C=O) groups is 2. The average molecular weight is 287 g/mol. The van der Waals surface area contributed by atoms with Gasteiger partial charge in [-0.3, -0.25) is 9.59 Å². The third kappa shape index (κ3) is 3.42. The topological polar surface area (TPSA) is 88.0 Å². The van der Waals surface area contributed by atoms with E-state index in [1.165, 1.54) is 0 Å². The Kier molecular flexibility index (Phi) is 4.02. The Morgan fingerprint density at radius 3 is 2.57 bits per heavy atom. The maximum Gasteiger partial charge on any atom is 0.240 e. The van der Waals surface area contributed by atoms with Crippen molar-refractivity contribution in [2.45, 2.75) is 33.2 Å². The summed E-state index contributed by atoms with van der Waals surface area (Å²) in [5.74, 6) is -0.728. The van der Waals surface area contributed by atoms with Gasteiger partial charge in [-0.1, -0.05) is 39.0 Å². The monoisotopic (exact) mass is 287 g/mol. The van der Waals surface area contributed by atoms with E-state index in [4.69, 9.17) is 5.73 Å². The van der Waals surface area contributed by atoms with Crippen LogP contribution in [0.5, 0.6) is 0 Å². The minimum atomic E-state index is -0.685. The number of para-hydroxylation sites is 1. The molecule has 2 aromatic rings. The zero-order valence-electron chi connectivity index (χ0n) is 12.6. The maximum absolute atomic E-state index is 12.2. The molecule has 5 nitrogen and oxygen atoms in total. The number of hydrogen-bond donors (Lipinski definition) is 3. The second-order valence-corrected chi connectivity index (χ2v) is 6.31. The molecule has 112 valence electrons. The predicted octanol–water partition coefficient (Wildman–Crippen LogP) is 1.73. The molecule has 1 aromatic carbocycles. The predicted molar refractivity (Wildman–Crippen MR) is 82.6 cm³/mol. The molecule has 0 bridgehead atoms. The van der Waals surface area contributed by atoms with E-state index in [1.807, 2.05) is 51.2 Å². The van der Waals surface area contributed by atoms with E-state index in [-0.39, 0.29) is 12.3 Å². The lowest BCUT2D eigenvalue weighted by atomic mass is 9.86. The first-order chi connectivity index (χ1) is 9.79. The van der Waals surface area contributed by atoms with Gasteiger partial charge in [-0.25, -0.2) is 0 Å². The van der Waals surface area contributed by atoms with E-state index in [2.05, 4.69) is 10.3 Å². The molecule has 0 aliphatic rings. The van der Waals surface area contributed by atoms with Crippen molar-refractivity contribution in [1.82, 2.24) is 10.3 Å². The van der Waals surface area contributed by atoms with E-state index < -0.39 is 17.4 Å². The highest BCUT2D eigenvalue weighted by atomic mass is 16.2. The fraction of sp³-hybridized carbons (Fsp3) is 0.375. The second kappa shape index (κ2) is 5.60. The number of fused-ring (bicyclic) bond motifs is 1. The summed E-state index contributed by atoms with van der Waals surface area (Å²) in [5.41, 5.74) is 6.85. The van der Waals surface area contributed by atoms with Gasteiger partial charge in [0.25, 0.3) is 0 Å². The number of primary amides is 1. The molecular formula is C16H21N3O2. The van der Waals surface area contributed by atoms with E-state index in [9.17, 15) is 9.59 Å². The van der Waals surface area contributed by atoms with Gasteiger partial charge in [0, 0.05) is 17.1 Å². The van der Waals surface area contributed by atoms with Crippen LogP contribution in [0, 0.1) is 5.41 Å². The lowest BCUT2D eigenvalue weighted by molar-refractivity contribution is -0.129. The Morgan fingerprint density at radius 2 is 1.95 bits per heavy atom. The zero-order chi connectivity index (χ0) is 15.6. The second-order valence-electron chi connectivity index (χ2n) is 6.31. The summed E-state index contributed by atoms with van der Waals surface area (Å²) >= 11 is 0. The Hall–Kier alpha value is -2.30. The molecule has 1 unspecified atom stereocenters. The molecule has 5 heteroatoms. The van der Waals surface area contributed by atoms with E-state index >= 15 is 0 Å². The Morgan fingerprint density at radius 1 is 1.29 bits per heavy atom. The van der Waals surface area contributed by atoms with Gasteiger partial charge in [-0.05, 0) is 17.0 Å². The number of nitrogens with one attached hydrogen (secondary N) is 2.